The van der Waals surface area contributed by atoms with Crippen molar-refractivity contribution in [2.24, 2.45) is 0 Å². The summed E-state index contributed by atoms with van der Waals surface area (Å²) in [4.78, 5) is 2.76. The second-order valence-electron chi connectivity index (χ2n) is 25.6. The molecule has 0 amide bonds. The molecular weight excluding hydrogens is 888 g/mol. The Balaban J connectivity index is 1.22. The maximum absolute atomic E-state index is 7.35. The summed E-state index contributed by atoms with van der Waals surface area (Å²) < 4.78 is 15.5. The van der Waals surface area contributed by atoms with Crippen molar-refractivity contribution in [3.05, 3.63) is 137 Å². The number of hydrogen-bond donors (Lipinski definition) is 0. The van der Waals surface area contributed by atoms with E-state index in [1.165, 1.54) is 142 Å². The van der Waals surface area contributed by atoms with Gasteiger partial charge in [-0.15, -0.1) is 22.7 Å². The summed E-state index contributed by atoms with van der Waals surface area (Å²) in [7, 11) is 0. The predicted octanol–water partition coefficient (Wildman–Crippen LogP) is 17.7. The van der Waals surface area contributed by atoms with Crippen molar-refractivity contribution < 1.29 is 4.42 Å². The van der Waals surface area contributed by atoms with Crippen molar-refractivity contribution in [3.63, 3.8) is 0 Å². The van der Waals surface area contributed by atoms with E-state index in [1.807, 2.05) is 22.7 Å². The minimum atomic E-state index is -0.109. The smallest absolute Gasteiger partial charge is 0.343 e. The third-order valence-corrected chi connectivity index (χ3v) is 19.4. The fraction of sp³-hybridized carbons (Fsp3) is 0.312. The number of para-hydroxylation sites is 1. The fourth-order valence-electron chi connectivity index (χ4n) is 12.9. The second kappa shape index (κ2) is 13.6. The largest absolute Gasteiger partial charge is 0.455 e. The molecule has 3 nitrogen and oxygen atoms in total. The molecule has 0 radical (unpaired) electrons. The van der Waals surface area contributed by atoms with Gasteiger partial charge in [-0.2, -0.15) is 0 Å². The lowest BCUT2D eigenvalue weighted by molar-refractivity contribution is 0.332. The Bertz CT molecular complexity index is 4130. The molecular formula is C64H61BN2OS2. The third-order valence-electron chi connectivity index (χ3n) is 17.1. The first-order valence-corrected chi connectivity index (χ1v) is 27.2. The predicted molar refractivity (Wildman–Crippen MR) is 307 cm³/mol. The molecule has 6 heterocycles. The SMILES string of the molecule is CC(C)(C)c1ccc(N2B3c4sc5cc6c(cc5c4-n4c5ccc(C(C)(C)C)cc5c5c7oc8ccccc8c7c(c3c54)-c3cc4sc5cc(C(C)(C)C)ccc5c4cc32)C(C)(C)CCC6(C)C)cc1. The number of aromatic nitrogens is 1. The fourth-order valence-corrected chi connectivity index (χ4v) is 15.4. The maximum atomic E-state index is 7.35. The van der Waals surface area contributed by atoms with E-state index in [4.69, 9.17) is 4.42 Å². The second-order valence-corrected chi connectivity index (χ2v) is 27.8. The highest BCUT2D eigenvalue weighted by Crippen LogP contribution is 2.56. The Morgan fingerprint density at radius 3 is 1.90 bits per heavy atom. The molecule has 0 saturated carbocycles. The Labute approximate surface area is 420 Å². The molecule has 0 spiro atoms. The van der Waals surface area contributed by atoms with Crippen LogP contribution in [0.15, 0.2) is 114 Å². The van der Waals surface area contributed by atoms with Gasteiger partial charge in [-0.25, -0.2) is 0 Å². The van der Waals surface area contributed by atoms with E-state index >= 15 is 0 Å². The molecule has 0 bridgehead atoms. The maximum Gasteiger partial charge on any atom is 0.343 e. The van der Waals surface area contributed by atoms with Gasteiger partial charge in [0.1, 0.15) is 11.2 Å². The zero-order valence-corrected chi connectivity index (χ0v) is 44.6. The van der Waals surface area contributed by atoms with Crippen LogP contribution in [-0.2, 0) is 27.1 Å². The van der Waals surface area contributed by atoms with Gasteiger partial charge in [0.2, 0.25) is 0 Å². The van der Waals surface area contributed by atoms with Crippen molar-refractivity contribution in [3.8, 4) is 16.8 Å². The van der Waals surface area contributed by atoms with Gasteiger partial charge in [0.25, 0.3) is 0 Å². The van der Waals surface area contributed by atoms with Crippen molar-refractivity contribution in [1.29, 1.82) is 0 Å². The highest BCUT2D eigenvalue weighted by atomic mass is 32.1. The molecule has 0 fully saturated rings. The quantitative estimate of drug-likeness (QED) is 0.153. The first kappa shape index (κ1) is 43.0. The molecule has 14 rings (SSSR count). The van der Waals surface area contributed by atoms with Gasteiger partial charge in [0.15, 0.2) is 0 Å². The van der Waals surface area contributed by atoms with Crippen LogP contribution in [0.3, 0.4) is 0 Å². The molecule has 2 aliphatic heterocycles. The number of nitrogens with zero attached hydrogens (tertiary/aromatic N) is 2. The number of rotatable bonds is 1. The minimum Gasteiger partial charge on any atom is -0.455 e. The highest BCUT2D eigenvalue weighted by Gasteiger charge is 2.48. The molecule has 70 heavy (non-hydrogen) atoms. The zero-order valence-electron chi connectivity index (χ0n) is 43.0. The highest BCUT2D eigenvalue weighted by molar-refractivity contribution is 7.32. The van der Waals surface area contributed by atoms with Crippen molar-refractivity contribution >= 4 is 125 Å². The van der Waals surface area contributed by atoms with Gasteiger partial charge in [-0.05, 0) is 139 Å². The number of thiophene rings is 2. The molecule has 11 aromatic rings. The summed E-state index contributed by atoms with van der Waals surface area (Å²) in [6, 6.07) is 43.3. The molecule has 0 atom stereocenters. The summed E-state index contributed by atoms with van der Waals surface area (Å²) in [5, 5.41) is 8.91. The minimum absolute atomic E-state index is 0.0235. The van der Waals surface area contributed by atoms with Crippen molar-refractivity contribution in [2.45, 2.75) is 130 Å². The Hall–Kier alpha value is -5.82. The summed E-state index contributed by atoms with van der Waals surface area (Å²) in [5.74, 6) is 0. The topological polar surface area (TPSA) is 21.3 Å². The van der Waals surface area contributed by atoms with Crippen LogP contribution in [0, 0.1) is 0 Å². The Morgan fingerprint density at radius 2 is 1.19 bits per heavy atom. The molecule has 3 aliphatic rings. The normalized spacial score (nSPS) is 16.4. The molecule has 1 aliphatic carbocycles. The number of anilines is 2. The zero-order chi connectivity index (χ0) is 48.5. The lowest BCUT2D eigenvalue weighted by Crippen LogP contribution is -2.59. The van der Waals surface area contributed by atoms with E-state index in [0.717, 1.165) is 11.2 Å². The van der Waals surface area contributed by atoms with Gasteiger partial charge < -0.3 is 13.8 Å². The van der Waals surface area contributed by atoms with E-state index in [2.05, 4.69) is 209 Å². The van der Waals surface area contributed by atoms with Crippen LogP contribution in [0.5, 0.6) is 0 Å². The number of fused-ring (bicyclic) bond motifs is 19. The number of benzene rings is 7. The van der Waals surface area contributed by atoms with Crippen LogP contribution in [0.4, 0.5) is 11.4 Å². The van der Waals surface area contributed by atoms with E-state index < -0.39 is 0 Å². The summed E-state index contributed by atoms with van der Waals surface area (Å²) in [6.45, 7) is 30.8. The average molecular weight is 949 g/mol. The lowest BCUT2D eigenvalue weighted by atomic mass is 9.47. The molecule has 7 aromatic carbocycles. The Kier molecular flexibility index (Phi) is 8.34. The summed E-state index contributed by atoms with van der Waals surface area (Å²) in [6.07, 6.45) is 2.36. The lowest BCUT2D eigenvalue weighted by Gasteiger charge is -2.42. The standard InChI is InChI=1S/C64H61BN2OS2/c1-60(2,3)34-18-22-37(23-19-34)67-47-31-40-38-24-20-36(62(7,8)9)29-49(38)69-50(40)32-42(47)52-53-39-16-14-15-17-48(39)68-58(53)54-41-28-35(61(4,5)6)21-25-46(41)66-56-43-30-44-45(64(12,13)27-26-63(44,10)11)33-51(43)70-59(56)65(67)55(52)57(54)66/h14-25,28-33H,26-27H2,1-13H3. The van der Waals surface area contributed by atoms with Crippen LogP contribution in [-0.4, -0.2) is 11.4 Å². The van der Waals surface area contributed by atoms with Gasteiger partial charge >= 0.3 is 6.85 Å². The van der Waals surface area contributed by atoms with Gasteiger partial charge in [-0.1, -0.05) is 139 Å². The van der Waals surface area contributed by atoms with E-state index in [1.54, 1.807) is 0 Å². The summed E-state index contributed by atoms with van der Waals surface area (Å²) >= 11 is 3.97. The molecule has 0 saturated heterocycles. The number of furan rings is 1. The number of hydrogen-bond acceptors (Lipinski definition) is 4. The van der Waals surface area contributed by atoms with Crippen LogP contribution >= 0.6 is 22.7 Å². The van der Waals surface area contributed by atoms with E-state index in [0.29, 0.717) is 0 Å². The van der Waals surface area contributed by atoms with Crippen LogP contribution in [0.1, 0.15) is 131 Å². The Morgan fingerprint density at radius 1 is 0.557 bits per heavy atom. The first-order chi connectivity index (χ1) is 33.1. The van der Waals surface area contributed by atoms with E-state index in [9.17, 15) is 0 Å². The van der Waals surface area contributed by atoms with Crippen molar-refractivity contribution in [2.75, 3.05) is 4.81 Å². The molecule has 0 unspecified atom stereocenters. The first-order valence-electron chi connectivity index (χ1n) is 25.6. The monoisotopic (exact) mass is 948 g/mol. The van der Waals surface area contributed by atoms with Gasteiger partial charge in [0, 0.05) is 68.1 Å². The van der Waals surface area contributed by atoms with Crippen LogP contribution < -0.4 is 15.1 Å². The third kappa shape index (κ3) is 5.69. The van der Waals surface area contributed by atoms with E-state index in [-0.39, 0.29) is 33.9 Å². The van der Waals surface area contributed by atoms with Gasteiger partial charge in [0.05, 0.1) is 22.1 Å². The average Bonchev–Trinajstić information content (AvgIpc) is 4.06. The van der Waals surface area contributed by atoms with Crippen molar-refractivity contribution in [1.82, 2.24) is 4.57 Å². The molecule has 348 valence electrons. The summed E-state index contributed by atoms with van der Waals surface area (Å²) in [5.41, 5.74) is 19.5. The molecule has 4 aromatic heterocycles. The molecule has 6 heteroatoms. The van der Waals surface area contributed by atoms with Crippen LogP contribution in [0.2, 0.25) is 0 Å². The van der Waals surface area contributed by atoms with Crippen LogP contribution in [0.25, 0.3) is 90.8 Å². The van der Waals surface area contributed by atoms with Gasteiger partial charge in [-0.3, -0.25) is 0 Å². The molecule has 0 N–H and O–H groups in total.